The van der Waals surface area contributed by atoms with Crippen molar-refractivity contribution in [3.63, 3.8) is 0 Å². The van der Waals surface area contributed by atoms with Crippen molar-refractivity contribution in [3.8, 4) is 5.75 Å². The second-order valence-electron chi connectivity index (χ2n) is 6.20. The molecule has 1 unspecified atom stereocenters. The van der Waals surface area contributed by atoms with Crippen LogP contribution < -0.4 is 10.1 Å². The molecule has 21 heavy (non-hydrogen) atoms. The molecule has 118 valence electrons. The van der Waals surface area contributed by atoms with E-state index in [-0.39, 0.29) is 0 Å². The maximum Gasteiger partial charge on any atom is 0.137 e. The van der Waals surface area contributed by atoms with Crippen molar-refractivity contribution in [2.24, 2.45) is 5.41 Å². The molecule has 0 saturated heterocycles. The molecule has 3 heteroatoms. The molecule has 1 N–H and O–H groups in total. The Hall–Kier alpha value is -1.09. The van der Waals surface area contributed by atoms with Crippen molar-refractivity contribution in [2.45, 2.75) is 65.3 Å². The summed E-state index contributed by atoms with van der Waals surface area (Å²) in [5.74, 6) is 0.891. The van der Waals surface area contributed by atoms with Crippen LogP contribution in [0.2, 0.25) is 0 Å². The normalized spacial score (nSPS) is 18.6. The van der Waals surface area contributed by atoms with Crippen LogP contribution in [0.15, 0.2) is 18.5 Å². The summed E-state index contributed by atoms with van der Waals surface area (Å²) in [5.41, 5.74) is 1.68. The molecule has 0 bridgehead atoms. The number of hydrogen-bond donors (Lipinski definition) is 1. The quantitative estimate of drug-likeness (QED) is 0.766. The average Bonchev–Trinajstić information content (AvgIpc) is 2.98. The first-order chi connectivity index (χ1) is 10.3. The van der Waals surface area contributed by atoms with E-state index in [4.69, 9.17) is 4.74 Å². The van der Waals surface area contributed by atoms with Gasteiger partial charge in [0.25, 0.3) is 0 Å². The molecule has 1 saturated carbocycles. The highest BCUT2D eigenvalue weighted by atomic mass is 16.5. The zero-order valence-electron chi connectivity index (χ0n) is 13.8. The first-order valence-corrected chi connectivity index (χ1v) is 8.57. The minimum atomic E-state index is 0.391. The molecule has 1 atom stereocenters. The second kappa shape index (κ2) is 7.79. The van der Waals surface area contributed by atoms with Crippen LogP contribution in [-0.2, 0) is 0 Å². The van der Waals surface area contributed by atoms with Crippen LogP contribution in [-0.4, -0.2) is 18.1 Å². The maximum absolute atomic E-state index is 5.64. The summed E-state index contributed by atoms with van der Waals surface area (Å²) in [5, 5.41) is 3.79. The molecular weight excluding hydrogens is 260 g/mol. The standard InChI is InChI=1S/C18H30N2O/c1-4-11-20-17(18(5-2)9-7-8-10-18)15-12-16(21-6-3)14-19-13-15/h12-14,17,20H,4-11H2,1-3H3. The van der Waals surface area contributed by atoms with Gasteiger partial charge in [0.2, 0.25) is 0 Å². The Labute approximate surface area is 129 Å². The smallest absolute Gasteiger partial charge is 0.137 e. The van der Waals surface area contributed by atoms with Crippen LogP contribution in [0.4, 0.5) is 0 Å². The fourth-order valence-electron chi connectivity index (χ4n) is 3.74. The molecule has 0 aromatic carbocycles. The lowest BCUT2D eigenvalue weighted by atomic mass is 9.73. The number of pyridine rings is 1. The number of rotatable bonds is 8. The van der Waals surface area contributed by atoms with Gasteiger partial charge in [-0.25, -0.2) is 0 Å². The van der Waals surface area contributed by atoms with Crippen LogP contribution in [0.3, 0.4) is 0 Å². The summed E-state index contributed by atoms with van der Waals surface area (Å²) in [7, 11) is 0. The Bertz CT molecular complexity index is 427. The van der Waals surface area contributed by atoms with E-state index in [2.05, 4.69) is 30.2 Å². The molecule has 0 aliphatic heterocycles. The molecule has 1 aromatic rings. The molecule has 0 spiro atoms. The van der Waals surface area contributed by atoms with E-state index in [9.17, 15) is 0 Å². The SMILES string of the molecule is CCCNC(c1cncc(OCC)c1)C1(CC)CCCC1. The lowest BCUT2D eigenvalue weighted by Gasteiger charge is -2.38. The largest absolute Gasteiger partial charge is 0.492 e. The zero-order valence-corrected chi connectivity index (χ0v) is 13.8. The highest BCUT2D eigenvalue weighted by molar-refractivity contribution is 5.28. The molecule has 1 aliphatic rings. The van der Waals surface area contributed by atoms with Crippen molar-refractivity contribution in [1.82, 2.24) is 10.3 Å². The van der Waals surface area contributed by atoms with E-state index >= 15 is 0 Å². The molecule has 0 radical (unpaired) electrons. The maximum atomic E-state index is 5.64. The Balaban J connectivity index is 2.28. The predicted octanol–water partition coefficient (Wildman–Crippen LogP) is 4.49. The number of nitrogens with one attached hydrogen (secondary N) is 1. The van der Waals surface area contributed by atoms with Crippen LogP contribution in [0.1, 0.15) is 70.9 Å². The third kappa shape index (κ3) is 3.76. The first kappa shape index (κ1) is 16.3. The van der Waals surface area contributed by atoms with Gasteiger partial charge in [0.05, 0.1) is 12.8 Å². The van der Waals surface area contributed by atoms with Crippen molar-refractivity contribution in [1.29, 1.82) is 0 Å². The molecule has 2 rings (SSSR count). The van der Waals surface area contributed by atoms with Crippen molar-refractivity contribution < 1.29 is 4.74 Å². The summed E-state index contributed by atoms with van der Waals surface area (Å²) in [6.07, 6.45) is 11.6. The molecular formula is C18H30N2O. The fraction of sp³-hybridized carbons (Fsp3) is 0.722. The number of nitrogens with zero attached hydrogens (tertiary/aromatic N) is 1. The summed E-state index contributed by atoms with van der Waals surface area (Å²) >= 11 is 0. The Kier molecular flexibility index (Phi) is 6.04. The van der Waals surface area contributed by atoms with Crippen molar-refractivity contribution >= 4 is 0 Å². The summed E-state index contributed by atoms with van der Waals surface area (Å²) in [4.78, 5) is 4.40. The van der Waals surface area contributed by atoms with E-state index in [1.807, 2.05) is 19.3 Å². The highest BCUT2D eigenvalue weighted by Gasteiger charge is 2.40. The zero-order chi connectivity index (χ0) is 15.1. The van der Waals surface area contributed by atoms with E-state index in [1.165, 1.54) is 37.7 Å². The molecule has 0 amide bonds. The van der Waals surface area contributed by atoms with E-state index in [0.717, 1.165) is 18.7 Å². The van der Waals surface area contributed by atoms with Gasteiger partial charge in [-0.15, -0.1) is 0 Å². The van der Waals surface area contributed by atoms with Gasteiger partial charge in [-0.2, -0.15) is 0 Å². The average molecular weight is 290 g/mol. The first-order valence-electron chi connectivity index (χ1n) is 8.57. The van der Waals surface area contributed by atoms with E-state index < -0.39 is 0 Å². The van der Waals surface area contributed by atoms with Crippen molar-refractivity contribution in [2.75, 3.05) is 13.2 Å². The summed E-state index contributed by atoms with van der Waals surface area (Å²) in [6.45, 7) is 8.34. The van der Waals surface area contributed by atoms with Gasteiger partial charge in [-0.05, 0) is 56.2 Å². The molecule has 1 heterocycles. The Morgan fingerprint density at radius 1 is 1.24 bits per heavy atom. The summed E-state index contributed by atoms with van der Waals surface area (Å²) in [6, 6.07) is 2.58. The third-order valence-corrected chi connectivity index (χ3v) is 4.89. The Morgan fingerprint density at radius 3 is 2.62 bits per heavy atom. The van der Waals surface area contributed by atoms with Crippen molar-refractivity contribution in [3.05, 3.63) is 24.0 Å². The molecule has 1 fully saturated rings. The highest BCUT2D eigenvalue weighted by Crippen LogP contribution is 2.50. The number of aromatic nitrogens is 1. The third-order valence-electron chi connectivity index (χ3n) is 4.89. The second-order valence-corrected chi connectivity index (χ2v) is 6.20. The van der Waals surface area contributed by atoms with Crippen LogP contribution in [0.25, 0.3) is 0 Å². The van der Waals surface area contributed by atoms with E-state index in [0.29, 0.717) is 18.1 Å². The Morgan fingerprint density at radius 2 is 2.00 bits per heavy atom. The lowest BCUT2D eigenvalue weighted by molar-refractivity contribution is 0.186. The lowest BCUT2D eigenvalue weighted by Crippen LogP contribution is -2.36. The van der Waals surface area contributed by atoms with E-state index in [1.54, 1.807) is 0 Å². The number of ether oxygens (including phenoxy) is 1. The van der Waals surface area contributed by atoms with Crippen LogP contribution >= 0.6 is 0 Å². The van der Waals surface area contributed by atoms with Gasteiger partial charge >= 0.3 is 0 Å². The van der Waals surface area contributed by atoms with Crippen LogP contribution in [0, 0.1) is 5.41 Å². The van der Waals surface area contributed by atoms with Gasteiger partial charge in [0.15, 0.2) is 0 Å². The summed E-state index contributed by atoms with van der Waals surface area (Å²) < 4.78 is 5.64. The minimum Gasteiger partial charge on any atom is -0.492 e. The number of hydrogen-bond acceptors (Lipinski definition) is 3. The van der Waals surface area contributed by atoms with Gasteiger partial charge < -0.3 is 10.1 Å². The van der Waals surface area contributed by atoms with Gasteiger partial charge in [0, 0.05) is 12.2 Å². The fourth-order valence-corrected chi connectivity index (χ4v) is 3.74. The molecule has 1 aliphatic carbocycles. The minimum absolute atomic E-state index is 0.391. The molecule has 1 aromatic heterocycles. The van der Waals surface area contributed by atoms with Gasteiger partial charge in [-0.1, -0.05) is 26.7 Å². The molecule has 3 nitrogen and oxygen atoms in total. The van der Waals surface area contributed by atoms with Gasteiger partial charge in [-0.3, -0.25) is 4.98 Å². The van der Waals surface area contributed by atoms with Crippen LogP contribution in [0.5, 0.6) is 5.75 Å². The topological polar surface area (TPSA) is 34.2 Å². The predicted molar refractivity (Wildman–Crippen MR) is 87.6 cm³/mol. The monoisotopic (exact) mass is 290 g/mol. The van der Waals surface area contributed by atoms with Gasteiger partial charge in [0.1, 0.15) is 5.75 Å².